The molecule has 2 aromatic carbocycles. The molecule has 4 nitrogen and oxygen atoms in total. The van der Waals surface area contributed by atoms with E-state index in [1.165, 1.54) is 38.5 Å². The van der Waals surface area contributed by atoms with Crippen molar-refractivity contribution < 1.29 is 13.9 Å². The summed E-state index contributed by atoms with van der Waals surface area (Å²) >= 11 is 0. The van der Waals surface area contributed by atoms with Crippen molar-refractivity contribution in [3.05, 3.63) is 70.1 Å². The summed E-state index contributed by atoms with van der Waals surface area (Å²) in [7, 11) is 0. The summed E-state index contributed by atoms with van der Waals surface area (Å²) in [4.78, 5) is 25.5. The van der Waals surface area contributed by atoms with E-state index in [1.807, 2.05) is 48.5 Å². The number of carbonyl (C=O) groups is 1. The van der Waals surface area contributed by atoms with Gasteiger partial charge in [-0.2, -0.15) is 0 Å². The van der Waals surface area contributed by atoms with Gasteiger partial charge < -0.3 is 9.15 Å². The van der Waals surface area contributed by atoms with E-state index in [1.54, 1.807) is 0 Å². The third kappa shape index (κ3) is 3.91. The van der Waals surface area contributed by atoms with E-state index in [0.29, 0.717) is 30.1 Å². The lowest BCUT2D eigenvalue weighted by molar-refractivity contribution is -0.153. The van der Waals surface area contributed by atoms with Crippen molar-refractivity contribution in [1.82, 2.24) is 0 Å². The molecule has 0 saturated heterocycles. The van der Waals surface area contributed by atoms with Crippen LogP contribution in [0.2, 0.25) is 0 Å². The molecule has 1 aromatic heterocycles. The van der Waals surface area contributed by atoms with Crippen molar-refractivity contribution in [3.63, 3.8) is 0 Å². The molecular weight excluding hydrogens is 436 g/mol. The van der Waals surface area contributed by atoms with Crippen molar-refractivity contribution in [3.8, 4) is 11.3 Å². The van der Waals surface area contributed by atoms with Gasteiger partial charge in [-0.25, -0.2) is 4.79 Å². The first kappa shape index (κ1) is 21.4. The minimum Gasteiger partial charge on any atom is -0.461 e. The molecule has 5 fully saturated rings. The van der Waals surface area contributed by atoms with Crippen LogP contribution in [-0.4, -0.2) is 5.97 Å². The molecule has 4 heteroatoms. The van der Waals surface area contributed by atoms with Gasteiger partial charge in [0.2, 0.25) is 0 Å². The van der Waals surface area contributed by atoms with Gasteiger partial charge in [-0.15, -0.1) is 0 Å². The molecule has 3 aromatic rings. The van der Waals surface area contributed by atoms with Crippen LogP contribution in [0.1, 0.15) is 74.8 Å². The van der Waals surface area contributed by atoms with Gasteiger partial charge in [0.1, 0.15) is 12.4 Å². The molecule has 35 heavy (non-hydrogen) atoms. The monoisotopic (exact) mass is 468 g/mol. The van der Waals surface area contributed by atoms with E-state index in [0.717, 1.165) is 52.7 Å². The fraction of sp³-hybridized carbons (Fsp3) is 0.484. The third-order valence-corrected chi connectivity index (χ3v) is 9.16. The molecular formula is C31H32O4. The summed E-state index contributed by atoms with van der Waals surface area (Å²) in [5.41, 5.74) is 2.93. The maximum atomic E-state index is 12.8. The van der Waals surface area contributed by atoms with Gasteiger partial charge in [0, 0.05) is 11.1 Å². The molecule has 0 radical (unpaired) electrons. The fourth-order valence-electron chi connectivity index (χ4n) is 7.99. The Hall–Kier alpha value is -2.88. The normalized spacial score (nSPS) is 29.0. The Bertz CT molecular complexity index is 1310. The summed E-state index contributed by atoms with van der Waals surface area (Å²) in [5.74, 6) is 3.62. The van der Waals surface area contributed by atoms with Crippen LogP contribution >= 0.6 is 0 Å². The number of esters is 1. The zero-order chi connectivity index (χ0) is 23.6. The van der Waals surface area contributed by atoms with Gasteiger partial charge in [0.25, 0.3) is 0 Å². The standard InChI is InChI=1S/C31H32O4/c32-27(17-31-14-20-11-21(15-31)13-22(12-20)16-31)34-18-19-5-7-24(8-6-19)29-28(23-9-10-23)25-3-1-2-4-26(25)30(33)35-29/h1-8,20-23H,9-18H2. The maximum absolute atomic E-state index is 12.8. The van der Waals surface area contributed by atoms with Crippen LogP contribution in [-0.2, 0) is 16.1 Å². The van der Waals surface area contributed by atoms with Gasteiger partial charge in [0.15, 0.2) is 0 Å². The van der Waals surface area contributed by atoms with Crippen molar-refractivity contribution in [2.24, 2.45) is 23.2 Å². The molecule has 0 atom stereocenters. The minimum atomic E-state index is -0.289. The van der Waals surface area contributed by atoms with Gasteiger partial charge >= 0.3 is 11.6 Å². The number of hydrogen-bond acceptors (Lipinski definition) is 4. The summed E-state index contributed by atoms with van der Waals surface area (Å²) in [6.45, 7) is 0.294. The maximum Gasteiger partial charge on any atom is 0.344 e. The smallest absolute Gasteiger partial charge is 0.344 e. The molecule has 180 valence electrons. The number of benzene rings is 2. The first-order valence-electron chi connectivity index (χ1n) is 13.4. The largest absolute Gasteiger partial charge is 0.461 e. The Labute approximate surface area is 205 Å². The van der Waals surface area contributed by atoms with E-state index in [4.69, 9.17) is 9.15 Å². The zero-order valence-corrected chi connectivity index (χ0v) is 20.1. The SMILES string of the molecule is O=C(CC12CC3CC(CC(C3)C1)C2)OCc1ccc(-c2oc(=O)c3ccccc3c2C2CC2)cc1. The molecule has 0 N–H and O–H groups in total. The minimum absolute atomic E-state index is 0.0485. The van der Waals surface area contributed by atoms with Gasteiger partial charge in [-0.1, -0.05) is 42.5 Å². The molecule has 1 heterocycles. The highest BCUT2D eigenvalue weighted by molar-refractivity contribution is 5.89. The van der Waals surface area contributed by atoms with E-state index in [-0.39, 0.29) is 17.0 Å². The molecule has 5 aliphatic rings. The van der Waals surface area contributed by atoms with Crippen LogP contribution < -0.4 is 5.63 Å². The second-order valence-corrected chi connectivity index (χ2v) is 11.9. The number of rotatable bonds is 6. The van der Waals surface area contributed by atoms with Crippen LogP contribution in [0.15, 0.2) is 57.7 Å². The molecule has 5 aliphatic carbocycles. The molecule has 5 saturated carbocycles. The fourth-order valence-corrected chi connectivity index (χ4v) is 7.99. The number of fused-ring (bicyclic) bond motifs is 1. The number of hydrogen-bond donors (Lipinski definition) is 0. The van der Waals surface area contributed by atoms with Gasteiger partial charge in [-0.05, 0) is 97.5 Å². The van der Waals surface area contributed by atoms with Crippen LogP contribution in [0.25, 0.3) is 22.1 Å². The molecule has 8 rings (SSSR count). The highest BCUT2D eigenvalue weighted by Gasteiger charge is 2.51. The molecule has 0 spiro atoms. The van der Waals surface area contributed by atoms with E-state index in [9.17, 15) is 9.59 Å². The van der Waals surface area contributed by atoms with E-state index < -0.39 is 0 Å². The lowest BCUT2D eigenvalue weighted by Crippen LogP contribution is -2.47. The van der Waals surface area contributed by atoms with Crippen LogP contribution in [0.4, 0.5) is 0 Å². The summed E-state index contributed by atoms with van der Waals surface area (Å²) in [6, 6.07) is 15.7. The highest BCUT2D eigenvalue weighted by Crippen LogP contribution is 2.61. The molecule has 4 bridgehead atoms. The Balaban J connectivity index is 1.06. The van der Waals surface area contributed by atoms with Crippen LogP contribution in [0, 0.1) is 23.2 Å². The average molecular weight is 469 g/mol. The Morgan fingerprint density at radius 1 is 0.886 bits per heavy atom. The van der Waals surface area contributed by atoms with Crippen molar-refractivity contribution in [2.45, 2.75) is 70.3 Å². The van der Waals surface area contributed by atoms with E-state index >= 15 is 0 Å². The summed E-state index contributed by atoms with van der Waals surface area (Å²) < 4.78 is 11.6. The lowest BCUT2D eigenvalue weighted by Gasteiger charge is -2.56. The second-order valence-electron chi connectivity index (χ2n) is 11.9. The lowest BCUT2D eigenvalue weighted by atomic mass is 9.49. The van der Waals surface area contributed by atoms with Crippen LogP contribution in [0.5, 0.6) is 0 Å². The van der Waals surface area contributed by atoms with E-state index in [2.05, 4.69) is 0 Å². The number of carbonyl (C=O) groups excluding carboxylic acids is 1. The Kier molecular flexibility index (Phi) is 4.94. The molecule has 0 unspecified atom stereocenters. The topological polar surface area (TPSA) is 56.5 Å². The zero-order valence-electron chi connectivity index (χ0n) is 20.1. The molecule has 0 amide bonds. The van der Waals surface area contributed by atoms with Crippen molar-refractivity contribution >= 4 is 16.7 Å². The first-order valence-corrected chi connectivity index (χ1v) is 13.4. The second kappa shape index (κ2) is 8.08. The van der Waals surface area contributed by atoms with Gasteiger partial charge in [0.05, 0.1) is 11.8 Å². The predicted molar refractivity (Wildman–Crippen MR) is 135 cm³/mol. The van der Waals surface area contributed by atoms with Gasteiger partial charge in [-0.3, -0.25) is 4.79 Å². The van der Waals surface area contributed by atoms with Crippen molar-refractivity contribution in [2.75, 3.05) is 0 Å². The highest BCUT2D eigenvalue weighted by atomic mass is 16.5. The third-order valence-electron chi connectivity index (χ3n) is 9.16. The predicted octanol–water partition coefficient (Wildman–Crippen LogP) is 6.99. The Morgan fingerprint density at radius 3 is 2.14 bits per heavy atom. The average Bonchev–Trinajstić information content (AvgIpc) is 3.67. The Morgan fingerprint density at radius 2 is 1.51 bits per heavy atom. The van der Waals surface area contributed by atoms with Crippen molar-refractivity contribution in [1.29, 1.82) is 0 Å². The first-order chi connectivity index (χ1) is 17.1. The quantitative estimate of drug-likeness (QED) is 0.366. The van der Waals surface area contributed by atoms with Crippen LogP contribution in [0.3, 0.4) is 0 Å². The summed E-state index contributed by atoms with van der Waals surface area (Å²) in [6.07, 6.45) is 10.7. The number of ether oxygens (including phenoxy) is 1. The molecule has 0 aliphatic heterocycles. The summed E-state index contributed by atoms with van der Waals surface area (Å²) in [5, 5.41) is 1.66.